The van der Waals surface area contributed by atoms with Crippen LogP contribution in [0.15, 0.2) is 40.9 Å². The highest BCUT2D eigenvalue weighted by Gasteiger charge is 2.13. The monoisotopic (exact) mass is 361 g/mol. The molecule has 1 nitrogen and oxygen atoms in total. The Bertz CT molecular complexity index is 581. The first-order valence-corrected chi connectivity index (χ1v) is 7.19. The third-order valence-electron chi connectivity index (χ3n) is 2.74. The maximum Gasteiger partial charge on any atom is 0.125 e. The average Bonchev–Trinajstić information content (AvgIpc) is 2.34. The SMILES string of the molecule is CC(Nc1c(Cl)cc(F)cc1Br)c1ccccc1Cl. The fourth-order valence-electron chi connectivity index (χ4n) is 1.80. The van der Waals surface area contributed by atoms with Crippen LogP contribution in [0.1, 0.15) is 18.5 Å². The smallest absolute Gasteiger partial charge is 0.125 e. The van der Waals surface area contributed by atoms with Crippen LogP contribution in [-0.2, 0) is 0 Å². The van der Waals surface area contributed by atoms with Crippen molar-refractivity contribution >= 4 is 44.8 Å². The van der Waals surface area contributed by atoms with E-state index in [0.717, 1.165) is 5.56 Å². The van der Waals surface area contributed by atoms with Gasteiger partial charge in [0.1, 0.15) is 5.82 Å². The Morgan fingerprint density at radius 3 is 2.47 bits per heavy atom. The molecule has 19 heavy (non-hydrogen) atoms. The molecule has 0 aliphatic rings. The van der Waals surface area contributed by atoms with E-state index in [1.165, 1.54) is 12.1 Å². The molecule has 0 saturated carbocycles. The Hall–Kier alpha value is -0.770. The summed E-state index contributed by atoms with van der Waals surface area (Å²) in [6, 6.07) is 10.1. The summed E-state index contributed by atoms with van der Waals surface area (Å²) in [5.74, 6) is -0.382. The van der Waals surface area contributed by atoms with Crippen molar-refractivity contribution < 1.29 is 4.39 Å². The minimum atomic E-state index is -0.382. The molecule has 1 N–H and O–H groups in total. The zero-order valence-electron chi connectivity index (χ0n) is 10.1. The molecule has 0 fully saturated rings. The summed E-state index contributed by atoms with van der Waals surface area (Å²) in [6.07, 6.45) is 0. The van der Waals surface area contributed by atoms with Crippen LogP contribution < -0.4 is 5.32 Å². The summed E-state index contributed by atoms with van der Waals surface area (Å²) < 4.78 is 13.7. The van der Waals surface area contributed by atoms with Crippen molar-refractivity contribution in [1.29, 1.82) is 0 Å². The van der Waals surface area contributed by atoms with Gasteiger partial charge in [-0.2, -0.15) is 0 Å². The fourth-order valence-corrected chi connectivity index (χ4v) is 3.02. The molecule has 2 aromatic rings. The molecular weight excluding hydrogens is 352 g/mol. The van der Waals surface area contributed by atoms with Crippen molar-refractivity contribution in [2.75, 3.05) is 5.32 Å². The zero-order chi connectivity index (χ0) is 14.0. The number of nitrogens with one attached hydrogen (secondary N) is 1. The Morgan fingerprint density at radius 2 is 1.84 bits per heavy atom. The highest BCUT2D eigenvalue weighted by molar-refractivity contribution is 9.10. The molecule has 0 saturated heterocycles. The number of benzene rings is 2. The molecule has 0 aromatic heterocycles. The molecule has 0 amide bonds. The van der Waals surface area contributed by atoms with Gasteiger partial charge in [0.2, 0.25) is 0 Å². The molecule has 0 aliphatic carbocycles. The van der Waals surface area contributed by atoms with Crippen LogP contribution in [0.3, 0.4) is 0 Å². The molecule has 100 valence electrons. The molecule has 0 heterocycles. The number of anilines is 1. The summed E-state index contributed by atoms with van der Waals surface area (Å²) in [7, 11) is 0. The standard InChI is InChI=1S/C14H11BrCl2FN/c1-8(10-4-2-3-5-12(10)16)19-14-11(15)6-9(18)7-13(14)17/h2-8,19H,1H3. The number of rotatable bonds is 3. The van der Waals surface area contributed by atoms with Crippen molar-refractivity contribution in [3.63, 3.8) is 0 Å². The first-order valence-electron chi connectivity index (χ1n) is 5.64. The van der Waals surface area contributed by atoms with Crippen molar-refractivity contribution in [3.8, 4) is 0 Å². The van der Waals surface area contributed by atoms with E-state index in [1.807, 2.05) is 31.2 Å². The topological polar surface area (TPSA) is 12.0 Å². The Labute approximate surface area is 129 Å². The summed E-state index contributed by atoms with van der Waals surface area (Å²) in [5.41, 5.74) is 1.60. The lowest BCUT2D eigenvalue weighted by atomic mass is 10.1. The van der Waals surface area contributed by atoms with Gasteiger partial charge in [0, 0.05) is 9.50 Å². The molecule has 1 atom stereocenters. The summed E-state index contributed by atoms with van der Waals surface area (Å²) in [6.45, 7) is 1.97. The van der Waals surface area contributed by atoms with Gasteiger partial charge in [0.15, 0.2) is 0 Å². The normalized spacial score (nSPS) is 12.3. The van der Waals surface area contributed by atoms with Gasteiger partial charge in [-0.3, -0.25) is 0 Å². The van der Waals surface area contributed by atoms with Gasteiger partial charge >= 0.3 is 0 Å². The van der Waals surface area contributed by atoms with Crippen LogP contribution in [0.5, 0.6) is 0 Å². The van der Waals surface area contributed by atoms with Crippen molar-refractivity contribution in [1.82, 2.24) is 0 Å². The maximum absolute atomic E-state index is 13.2. The van der Waals surface area contributed by atoms with Gasteiger partial charge in [-0.15, -0.1) is 0 Å². The predicted molar refractivity (Wildman–Crippen MR) is 82.6 cm³/mol. The van der Waals surface area contributed by atoms with E-state index < -0.39 is 0 Å². The highest BCUT2D eigenvalue weighted by Crippen LogP contribution is 2.35. The molecule has 5 heteroatoms. The largest absolute Gasteiger partial charge is 0.376 e. The van der Waals surface area contributed by atoms with Crippen LogP contribution in [0.25, 0.3) is 0 Å². The molecule has 2 rings (SSSR count). The quantitative estimate of drug-likeness (QED) is 0.698. The van der Waals surface area contributed by atoms with E-state index in [9.17, 15) is 4.39 Å². The lowest BCUT2D eigenvalue weighted by Gasteiger charge is -2.19. The van der Waals surface area contributed by atoms with Crippen LogP contribution in [-0.4, -0.2) is 0 Å². The lowest BCUT2D eigenvalue weighted by molar-refractivity contribution is 0.627. The summed E-state index contributed by atoms with van der Waals surface area (Å²) in [5, 5.41) is 4.24. The van der Waals surface area contributed by atoms with Gasteiger partial charge in [0.25, 0.3) is 0 Å². The van der Waals surface area contributed by atoms with Crippen molar-refractivity contribution in [3.05, 3.63) is 62.3 Å². The minimum absolute atomic E-state index is 0.0482. The molecule has 0 radical (unpaired) electrons. The van der Waals surface area contributed by atoms with E-state index in [1.54, 1.807) is 0 Å². The van der Waals surface area contributed by atoms with Gasteiger partial charge in [0.05, 0.1) is 16.8 Å². The minimum Gasteiger partial charge on any atom is -0.376 e. The molecule has 2 aromatic carbocycles. The van der Waals surface area contributed by atoms with Crippen molar-refractivity contribution in [2.24, 2.45) is 0 Å². The number of hydrogen-bond acceptors (Lipinski definition) is 1. The third kappa shape index (κ3) is 3.41. The van der Waals surface area contributed by atoms with E-state index in [0.29, 0.717) is 20.2 Å². The van der Waals surface area contributed by atoms with Gasteiger partial charge in [-0.1, -0.05) is 41.4 Å². The molecular formula is C14H11BrCl2FN. The van der Waals surface area contributed by atoms with Crippen LogP contribution >= 0.6 is 39.1 Å². The first kappa shape index (κ1) is 14.6. The first-order chi connectivity index (χ1) is 8.99. The van der Waals surface area contributed by atoms with Crippen LogP contribution in [0.2, 0.25) is 10.0 Å². The zero-order valence-corrected chi connectivity index (χ0v) is 13.2. The highest BCUT2D eigenvalue weighted by atomic mass is 79.9. The van der Waals surface area contributed by atoms with E-state index in [4.69, 9.17) is 23.2 Å². The fraction of sp³-hybridized carbons (Fsp3) is 0.143. The van der Waals surface area contributed by atoms with Crippen LogP contribution in [0, 0.1) is 5.82 Å². The predicted octanol–water partition coefficient (Wildman–Crippen LogP) is 6.07. The second-order valence-electron chi connectivity index (χ2n) is 4.13. The second kappa shape index (κ2) is 6.12. The Morgan fingerprint density at radius 1 is 1.16 bits per heavy atom. The number of hydrogen-bond donors (Lipinski definition) is 1. The Balaban J connectivity index is 2.29. The molecule has 0 spiro atoms. The average molecular weight is 363 g/mol. The summed E-state index contributed by atoms with van der Waals surface area (Å²) in [4.78, 5) is 0. The maximum atomic E-state index is 13.2. The lowest BCUT2D eigenvalue weighted by Crippen LogP contribution is -2.08. The van der Waals surface area contributed by atoms with E-state index in [-0.39, 0.29) is 11.9 Å². The summed E-state index contributed by atoms with van der Waals surface area (Å²) >= 11 is 15.5. The molecule has 1 unspecified atom stereocenters. The number of halogens is 4. The van der Waals surface area contributed by atoms with E-state index >= 15 is 0 Å². The molecule has 0 bridgehead atoms. The van der Waals surface area contributed by atoms with Crippen LogP contribution in [0.4, 0.5) is 10.1 Å². The van der Waals surface area contributed by atoms with Gasteiger partial charge in [-0.05, 0) is 46.6 Å². The van der Waals surface area contributed by atoms with E-state index in [2.05, 4.69) is 21.2 Å². The van der Waals surface area contributed by atoms with Crippen molar-refractivity contribution in [2.45, 2.75) is 13.0 Å². The third-order valence-corrected chi connectivity index (χ3v) is 4.01. The second-order valence-corrected chi connectivity index (χ2v) is 5.80. The molecule has 0 aliphatic heterocycles. The van der Waals surface area contributed by atoms with Gasteiger partial charge < -0.3 is 5.32 Å². The Kier molecular flexibility index (Phi) is 4.71. The van der Waals surface area contributed by atoms with Gasteiger partial charge in [-0.25, -0.2) is 4.39 Å².